The van der Waals surface area contributed by atoms with Gasteiger partial charge in [-0.05, 0) is 50.6 Å². The van der Waals surface area contributed by atoms with Crippen LogP contribution in [0.15, 0.2) is 52.4 Å². The second-order valence-corrected chi connectivity index (χ2v) is 8.69. The van der Waals surface area contributed by atoms with Crippen LogP contribution < -0.4 is 10.9 Å². The molecule has 0 aliphatic rings. The van der Waals surface area contributed by atoms with Crippen LogP contribution in [-0.2, 0) is 4.79 Å². The van der Waals surface area contributed by atoms with E-state index in [4.69, 9.17) is 23.2 Å². The summed E-state index contributed by atoms with van der Waals surface area (Å²) in [6, 6.07) is 12.2. The number of nitrogens with zero attached hydrogens (tertiary/aromatic N) is 2. The lowest BCUT2D eigenvalue weighted by Gasteiger charge is -2.17. The topological polar surface area (TPSA) is 64.0 Å². The van der Waals surface area contributed by atoms with Gasteiger partial charge in [0.1, 0.15) is 0 Å². The van der Waals surface area contributed by atoms with Crippen molar-refractivity contribution in [1.82, 2.24) is 14.9 Å². The number of hydrogen-bond donors (Lipinski definition) is 1. The zero-order valence-electron chi connectivity index (χ0n) is 16.3. The number of nitrogens with one attached hydrogen (secondary N) is 1. The summed E-state index contributed by atoms with van der Waals surface area (Å²) in [7, 11) is 0. The maximum atomic E-state index is 12.8. The molecule has 0 saturated heterocycles. The van der Waals surface area contributed by atoms with Gasteiger partial charge in [-0.1, -0.05) is 53.2 Å². The number of carbonyl (C=O) groups is 1. The Kier molecular flexibility index (Phi) is 6.88. The van der Waals surface area contributed by atoms with Gasteiger partial charge in [0.15, 0.2) is 5.16 Å². The first-order valence-corrected chi connectivity index (χ1v) is 10.9. The smallest absolute Gasteiger partial charge is 0.262 e. The number of halogens is 2. The molecular formula is C21H21Cl2N3O2S. The standard InChI is InChI=1S/C21H21Cl2N3O2S/c1-12(2)26-20(28)15-6-4-5-7-18(15)25-21(26)29-11-19(27)24-13(3)14-8-9-16(22)17(23)10-14/h4-10,12-13H,11H2,1-3H3,(H,24,27). The van der Waals surface area contributed by atoms with Gasteiger partial charge in [-0.25, -0.2) is 4.98 Å². The van der Waals surface area contributed by atoms with Crippen molar-refractivity contribution in [1.29, 1.82) is 0 Å². The predicted octanol–water partition coefficient (Wildman–Crippen LogP) is 5.25. The van der Waals surface area contributed by atoms with Crippen molar-refractivity contribution in [2.45, 2.75) is 38.0 Å². The number of rotatable bonds is 6. The van der Waals surface area contributed by atoms with Gasteiger partial charge in [0.25, 0.3) is 5.56 Å². The molecule has 8 heteroatoms. The number of para-hydroxylation sites is 1. The second-order valence-electron chi connectivity index (χ2n) is 6.93. The van der Waals surface area contributed by atoms with Crippen molar-refractivity contribution in [3.05, 3.63) is 68.4 Å². The highest BCUT2D eigenvalue weighted by molar-refractivity contribution is 7.99. The van der Waals surface area contributed by atoms with Crippen LogP contribution in [0.1, 0.15) is 38.4 Å². The van der Waals surface area contributed by atoms with Gasteiger partial charge >= 0.3 is 0 Å². The molecule has 1 heterocycles. The minimum atomic E-state index is -0.227. The van der Waals surface area contributed by atoms with E-state index in [0.29, 0.717) is 26.1 Å². The Morgan fingerprint density at radius 3 is 2.55 bits per heavy atom. The summed E-state index contributed by atoms with van der Waals surface area (Å²) in [6.45, 7) is 5.73. The number of hydrogen-bond acceptors (Lipinski definition) is 4. The first-order chi connectivity index (χ1) is 13.8. The summed E-state index contributed by atoms with van der Waals surface area (Å²) in [4.78, 5) is 29.9. The van der Waals surface area contributed by atoms with Gasteiger partial charge in [-0.2, -0.15) is 0 Å². The molecule has 0 saturated carbocycles. The van der Waals surface area contributed by atoms with Crippen LogP contribution >= 0.6 is 35.0 Å². The van der Waals surface area contributed by atoms with Crippen molar-refractivity contribution in [2.24, 2.45) is 0 Å². The van der Waals surface area contributed by atoms with E-state index in [2.05, 4.69) is 10.3 Å². The molecule has 152 valence electrons. The second kappa shape index (κ2) is 9.20. The number of carbonyl (C=O) groups excluding carboxylic acids is 1. The molecule has 0 bridgehead atoms. The summed E-state index contributed by atoms with van der Waals surface area (Å²) in [5, 5.41) is 4.95. The van der Waals surface area contributed by atoms with Gasteiger partial charge in [0, 0.05) is 6.04 Å². The van der Waals surface area contributed by atoms with E-state index in [9.17, 15) is 9.59 Å². The molecule has 0 aliphatic heterocycles. The van der Waals surface area contributed by atoms with Gasteiger partial charge in [-0.15, -0.1) is 0 Å². The fourth-order valence-corrected chi connectivity index (χ4v) is 4.21. The van der Waals surface area contributed by atoms with E-state index in [0.717, 1.165) is 5.56 Å². The van der Waals surface area contributed by atoms with Crippen LogP contribution in [0.25, 0.3) is 10.9 Å². The first-order valence-electron chi connectivity index (χ1n) is 9.16. The predicted molar refractivity (Wildman–Crippen MR) is 120 cm³/mol. The molecule has 1 atom stereocenters. The van der Waals surface area contributed by atoms with Crippen LogP contribution in [0.3, 0.4) is 0 Å². The average molecular weight is 450 g/mol. The fraction of sp³-hybridized carbons (Fsp3) is 0.286. The monoisotopic (exact) mass is 449 g/mol. The van der Waals surface area contributed by atoms with Gasteiger partial charge in [0.05, 0.1) is 32.7 Å². The van der Waals surface area contributed by atoms with E-state index in [-0.39, 0.29) is 29.3 Å². The van der Waals surface area contributed by atoms with E-state index < -0.39 is 0 Å². The Morgan fingerprint density at radius 1 is 1.14 bits per heavy atom. The molecule has 1 N–H and O–H groups in total. The van der Waals surface area contributed by atoms with Crippen molar-refractivity contribution in [3.63, 3.8) is 0 Å². The Morgan fingerprint density at radius 2 is 1.86 bits per heavy atom. The van der Waals surface area contributed by atoms with Crippen LogP contribution in [0.4, 0.5) is 0 Å². The summed E-state index contributed by atoms with van der Waals surface area (Å²) < 4.78 is 1.63. The van der Waals surface area contributed by atoms with Gasteiger partial charge in [0.2, 0.25) is 5.91 Å². The molecule has 0 aliphatic carbocycles. The third kappa shape index (κ3) is 4.94. The molecule has 2 aromatic carbocycles. The summed E-state index contributed by atoms with van der Waals surface area (Å²) in [5.74, 6) is -0.0188. The highest BCUT2D eigenvalue weighted by atomic mass is 35.5. The molecule has 0 fully saturated rings. The van der Waals surface area contributed by atoms with Gasteiger partial charge in [-0.3, -0.25) is 14.2 Å². The normalized spacial score (nSPS) is 12.3. The Bertz CT molecular complexity index is 1110. The third-order valence-corrected chi connectivity index (χ3v) is 6.14. The minimum absolute atomic E-state index is 0.0692. The summed E-state index contributed by atoms with van der Waals surface area (Å²) in [6.07, 6.45) is 0. The van der Waals surface area contributed by atoms with E-state index in [1.54, 1.807) is 28.8 Å². The molecule has 3 aromatic rings. The average Bonchev–Trinajstić information content (AvgIpc) is 2.68. The molecule has 1 aromatic heterocycles. The lowest BCUT2D eigenvalue weighted by Crippen LogP contribution is -2.29. The van der Waals surface area contributed by atoms with Crippen molar-refractivity contribution >= 4 is 51.8 Å². The molecule has 0 spiro atoms. The van der Waals surface area contributed by atoms with E-state index >= 15 is 0 Å². The zero-order chi connectivity index (χ0) is 21.1. The first kappa shape index (κ1) is 21.7. The molecular weight excluding hydrogens is 429 g/mol. The van der Waals surface area contributed by atoms with E-state index in [1.807, 2.05) is 39.0 Å². The Balaban J connectivity index is 1.76. The summed E-state index contributed by atoms with van der Waals surface area (Å²) in [5.41, 5.74) is 1.39. The molecule has 5 nitrogen and oxygen atoms in total. The highest BCUT2D eigenvalue weighted by Crippen LogP contribution is 2.26. The number of aromatic nitrogens is 2. The summed E-state index contributed by atoms with van der Waals surface area (Å²) >= 11 is 13.2. The van der Waals surface area contributed by atoms with Crippen molar-refractivity contribution in [2.75, 3.05) is 5.75 Å². The highest BCUT2D eigenvalue weighted by Gasteiger charge is 2.16. The van der Waals surface area contributed by atoms with Crippen LogP contribution in [0.5, 0.6) is 0 Å². The maximum absolute atomic E-state index is 12.8. The van der Waals surface area contributed by atoms with Crippen LogP contribution in [-0.4, -0.2) is 21.2 Å². The maximum Gasteiger partial charge on any atom is 0.262 e. The molecule has 29 heavy (non-hydrogen) atoms. The largest absolute Gasteiger partial charge is 0.349 e. The number of fused-ring (bicyclic) bond motifs is 1. The number of thioether (sulfide) groups is 1. The van der Waals surface area contributed by atoms with Crippen molar-refractivity contribution < 1.29 is 4.79 Å². The zero-order valence-corrected chi connectivity index (χ0v) is 18.6. The minimum Gasteiger partial charge on any atom is -0.349 e. The molecule has 0 radical (unpaired) electrons. The molecule has 1 unspecified atom stereocenters. The number of benzene rings is 2. The Hall–Kier alpha value is -2.02. The molecule has 3 rings (SSSR count). The quantitative estimate of drug-likeness (QED) is 0.411. The fourth-order valence-electron chi connectivity index (χ4n) is 2.96. The lowest BCUT2D eigenvalue weighted by atomic mass is 10.1. The van der Waals surface area contributed by atoms with Crippen LogP contribution in [0, 0.1) is 0 Å². The van der Waals surface area contributed by atoms with Gasteiger partial charge < -0.3 is 5.32 Å². The van der Waals surface area contributed by atoms with Crippen LogP contribution in [0.2, 0.25) is 10.0 Å². The lowest BCUT2D eigenvalue weighted by molar-refractivity contribution is -0.119. The number of amides is 1. The Labute approximate surface area is 183 Å². The molecule has 1 amide bonds. The SMILES string of the molecule is CC(NC(=O)CSc1nc2ccccc2c(=O)n1C(C)C)c1ccc(Cl)c(Cl)c1. The third-order valence-electron chi connectivity index (χ3n) is 4.45. The van der Waals surface area contributed by atoms with E-state index in [1.165, 1.54) is 11.8 Å². The van der Waals surface area contributed by atoms with Crippen molar-refractivity contribution in [3.8, 4) is 0 Å².